The molecule has 1 N–H and O–H groups in total. The van der Waals surface area contributed by atoms with Crippen molar-refractivity contribution in [2.24, 2.45) is 0 Å². The molecule has 3 rings (SSSR count). The van der Waals surface area contributed by atoms with Crippen molar-refractivity contribution in [3.63, 3.8) is 0 Å². The van der Waals surface area contributed by atoms with Crippen LogP contribution < -0.4 is 0 Å². The number of thioether (sulfide) groups is 1. The molecule has 0 unspecified atom stereocenters. The lowest BCUT2D eigenvalue weighted by Gasteiger charge is -2.13. The van der Waals surface area contributed by atoms with E-state index in [9.17, 15) is 9.90 Å². The van der Waals surface area contributed by atoms with Gasteiger partial charge in [-0.3, -0.25) is 14.5 Å². The van der Waals surface area contributed by atoms with Crippen molar-refractivity contribution in [1.29, 1.82) is 0 Å². The summed E-state index contributed by atoms with van der Waals surface area (Å²) in [6, 6.07) is 11.2. The largest absolute Gasteiger partial charge is 0.507 e. The van der Waals surface area contributed by atoms with E-state index in [-0.39, 0.29) is 11.8 Å². The Balaban J connectivity index is 1.91. The molecule has 128 valence electrons. The minimum absolute atomic E-state index is 0.00398. The molecule has 0 aliphatic rings. The van der Waals surface area contributed by atoms with Gasteiger partial charge in [-0.25, -0.2) is 0 Å². The van der Waals surface area contributed by atoms with Gasteiger partial charge in [0, 0.05) is 29.1 Å². The molecule has 0 atom stereocenters. The molecule has 2 heterocycles. The molecule has 25 heavy (non-hydrogen) atoms. The summed E-state index contributed by atoms with van der Waals surface area (Å²) >= 11 is 1.50. The van der Waals surface area contributed by atoms with Gasteiger partial charge >= 0.3 is 0 Å². The second kappa shape index (κ2) is 7.53. The molecule has 0 aliphatic heterocycles. The summed E-state index contributed by atoms with van der Waals surface area (Å²) < 4.78 is 1.95. The zero-order valence-corrected chi connectivity index (χ0v) is 14.9. The Morgan fingerprint density at radius 3 is 2.80 bits per heavy atom. The molecule has 0 radical (unpaired) electrons. The number of carbonyl (C=O) groups is 1. The zero-order valence-electron chi connectivity index (χ0n) is 14.1. The van der Waals surface area contributed by atoms with Crippen molar-refractivity contribution in [1.82, 2.24) is 14.8 Å². The van der Waals surface area contributed by atoms with Gasteiger partial charge in [-0.15, -0.1) is 11.8 Å². The molecule has 0 fully saturated rings. The Morgan fingerprint density at radius 1 is 1.20 bits per heavy atom. The van der Waals surface area contributed by atoms with Gasteiger partial charge in [-0.1, -0.05) is 12.1 Å². The van der Waals surface area contributed by atoms with Gasteiger partial charge in [-0.2, -0.15) is 5.10 Å². The summed E-state index contributed by atoms with van der Waals surface area (Å²) in [6.45, 7) is 4.16. The standard InChI is InChI=1S/C19H19N3O2S/c1-13(2)22-16(8-10-21-22)19-14(5-4-9-20-19)12-25-18-7-3-6-17(24)15(18)11-23/h3-11,13,24H,12H2,1-2H3. The second-order valence-corrected chi connectivity index (χ2v) is 6.88. The lowest BCUT2D eigenvalue weighted by molar-refractivity contribution is 0.111. The monoisotopic (exact) mass is 353 g/mol. The number of phenols is 1. The SMILES string of the molecule is CC(C)n1nccc1-c1ncccc1CSc1cccc(O)c1C=O. The summed E-state index contributed by atoms with van der Waals surface area (Å²) in [5.74, 6) is 0.640. The van der Waals surface area contributed by atoms with Crippen molar-refractivity contribution < 1.29 is 9.90 Å². The van der Waals surface area contributed by atoms with Crippen LogP contribution in [-0.4, -0.2) is 26.2 Å². The van der Waals surface area contributed by atoms with E-state index in [1.807, 2.05) is 28.9 Å². The van der Waals surface area contributed by atoms with Gasteiger partial charge in [0.05, 0.1) is 17.0 Å². The number of rotatable bonds is 6. The Hall–Kier alpha value is -2.60. The van der Waals surface area contributed by atoms with Crippen LogP contribution in [0, 0.1) is 0 Å². The highest BCUT2D eigenvalue weighted by Gasteiger charge is 2.14. The highest BCUT2D eigenvalue weighted by Crippen LogP contribution is 2.33. The van der Waals surface area contributed by atoms with Crippen molar-refractivity contribution >= 4 is 18.0 Å². The fourth-order valence-electron chi connectivity index (χ4n) is 2.63. The lowest BCUT2D eigenvalue weighted by Crippen LogP contribution is -2.06. The van der Waals surface area contributed by atoms with Gasteiger partial charge in [0.25, 0.3) is 0 Å². The lowest BCUT2D eigenvalue weighted by atomic mass is 10.1. The van der Waals surface area contributed by atoms with Gasteiger partial charge in [0.15, 0.2) is 6.29 Å². The predicted octanol–water partition coefficient (Wildman–Crippen LogP) is 4.34. The first kappa shape index (κ1) is 17.2. The van der Waals surface area contributed by atoms with Crippen LogP contribution in [0.25, 0.3) is 11.4 Å². The van der Waals surface area contributed by atoms with Gasteiger partial charge in [0.1, 0.15) is 5.75 Å². The van der Waals surface area contributed by atoms with Gasteiger partial charge in [0.2, 0.25) is 0 Å². The number of aromatic hydroxyl groups is 1. The number of carbonyl (C=O) groups excluding carboxylic acids is 1. The molecule has 2 aromatic heterocycles. The molecule has 0 spiro atoms. The van der Waals surface area contributed by atoms with Crippen LogP contribution in [0.15, 0.2) is 53.7 Å². The normalized spacial score (nSPS) is 11.0. The zero-order chi connectivity index (χ0) is 17.8. The number of hydrogen-bond acceptors (Lipinski definition) is 5. The van der Waals surface area contributed by atoms with Crippen LogP contribution in [0.1, 0.15) is 35.8 Å². The third-order valence-corrected chi connectivity index (χ3v) is 4.96. The van der Waals surface area contributed by atoms with Crippen LogP contribution in [-0.2, 0) is 5.75 Å². The molecule has 6 heteroatoms. The molecule has 0 aliphatic carbocycles. The van der Waals surface area contributed by atoms with Crippen molar-refractivity contribution in [2.45, 2.75) is 30.5 Å². The van der Waals surface area contributed by atoms with E-state index in [1.54, 1.807) is 18.5 Å². The predicted molar refractivity (Wildman–Crippen MR) is 98.9 cm³/mol. The molecule has 0 saturated carbocycles. The Bertz CT molecular complexity index is 890. The molecule has 0 saturated heterocycles. The number of aldehydes is 1. The average Bonchev–Trinajstić information content (AvgIpc) is 3.10. The minimum Gasteiger partial charge on any atom is -0.507 e. The van der Waals surface area contributed by atoms with E-state index in [0.717, 1.165) is 21.8 Å². The maximum Gasteiger partial charge on any atom is 0.154 e. The topological polar surface area (TPSA) is 68.0 Å². The van der Waals surface area contributed by atoms with E-state index >= 15 is 0 Å². The van der Waals surface area contributed by atoms with Gasteiger partial charge < -0.3 is 5.11 Å². The number of pyridine rings is 1. The van der Waals surface area contributed by atoms with Gasteiger partial charge in [-0.05, 0) is 43.7 Å². The molecular formula is C19H19N3O2S. The first-order chi connectivity index (χ1) is 12.1. The quantitative estimate of drug-likeness (QED) is 0.527. The molecular weight excluding hydrogens is 334 g/mol. The smallest absolute Gasteiger partial charge is 0.154 e. The summed E-state index contributed by atoms with van der Waals surface area (Å²) in [4.78, 5) is 16.5. The van der Waals surface area contributed by atoms with Crippen LogP contribution in [0.3, 0.4) is 0 Å². The van der Waals surface area contributed by atoms with E-state index in [4.69, 9.17) is 0 Å². The maximum absolute atomic E-state index is 11.2. The van der Waals surface area contributed by atoms with Crippen LogP contribution in [0.2, 0.25) is 0 Å². The van der Waals surface area contributed by atoms with Crippen molar-refractivity contribution in [3.05, 3.63) is 59.9 Å². The number of hydrogen-bond donors (Lipinski definition) is 1. The summed E-state index contributed by atoms with van der Waals surface area (Å²) in [7, 11) is 0. The van der Waals surface area contributed by atoms with E-state index < -0.39 is 0 Å². The fourth-order valence-corrected chi connectivity index (χ4v) is 3.66. The summed E-state index contributed by atoms with van der Waals surface area (Å²) in [6.07, 6.45) is 4.24. The van der Waals surface area contributed by atoms with Crippen LogP contribution >= 0.6 is 11.8 Å². The van der Waals surface area contributed by atoms with Crippen molar-refractivity contribution in [3.8, 4) is 17.1 Å². The number of benzene rings is 1. The molecule has 3 aromatic rings. The molecule has 1 aromatic carbocycles. The summed E-state index contributed by atoms with van der Waals surface area (Å²) in [5, 5.41) is 14.2. The fraction of sp³-hybridized carbons (Fsp3) is 0.211. The number of aromatic nitrogens is 3. The number of phenolic OH excluding ortho intramolecular Hbond substituents is 1. The van der Waals surface area contributed by atoms with Crippen LogP contribution in [0.5, 0.6) is 5.75 Å². The average molecular weight is 353 g/mol. The maximum atomic E-state index is 11.2. The Kier molecular flexibility index (Phi) is 5.19. The number of nitrogens with zero attached hydrogens (tertiary/aromatic N) is 3. The van der Waals surface area contributed by atoms with Crippen LogP contribution in [0.4, 0.5) is 0 Å². The second-order valence-electron chi connectivity index (χ2n) is 5.86. The third kappa shape index (κ3) is 3.58. The molecule has 0 bridgehead atoms. The highest BCUT2D eigenvalue weighted by atomic mass is 32.2. The van der Waals surface area contributed by atoms with Crippen molar-refractivity contribution in [2.75, 3.05) is 0 Å². The Morgan fingerprint density at radius 2 is 2.04 bits per heavy atom. The van der Waals surface area contributed by atoms with E-state index in [0.29, 0.717) is 17.6 Å². The first-order valence-electron chi connectivity index (χ1n) is 7.99. The van der Waals surface area contributed by atoms with E-state index in [2.05, 4.69) is 23.9 Å². The molecule has 5 nitrogen and oxygen atoms in total. The highest BCUT2D eigenvalue weighted by molar-refractivity contribution is 7.98. The Labute approximate surface area is 150 Å². The minimum atomic E-state index is 0.00398. The third-order valence-electron chi connectivity index (χ3n) is 3.84. The first-order valence-corrected chi connectivity index (χ1v) is 8.98. The summed E-state index contributed by atoms with van der Waals surface area (Å²) in [5.41, 5.74) is 3.23. The molecule has 0 amide bonds. The van der Waals surface area contributed by atoms with E-state index in [1.165, 1.54) is 17.8 Å².